The Balaban J connectivity index is 1.85. The molecule has 19 heavy (non-hydrogen) atoms. The quantitative estimate of drug-likeness (QED) is 0.549. The Hall–Kier alpha value is -1.91. The molecule has 0 bridgehead atoms. The number of hydrogen-bond donors (Lipinski definition) is 1. The van der Waals surface area contributed by atoms with Crippen molar-refractivity contribution in [2.75, 3.05) is 0 Å². The molecule has 0 amide bonds. The molecule has 0 spiro atoms. The van der Waals surface area contributed by atoms with Crippen molar-refractivity contribution >= 4 is 33.6 Å². The van der Waals surface area contributed by atoms with Crippen LogP contribution in [0.4, 0.5) is 0 Å². The number of nitrogens with one attached hydrogen (secondary N) is 1. The first kappa shape index (κ1) is 11.0. The van der Waals surface area contributed by atoms with Crippen molar-refractivity contribution in [3.8, 4) is 21.8 Å². The summed E-state index contributed by atoms with van der Waals surface area (Å²) in [5, 5.41) is 8.64. The average Bonchev–Trinajstić information content (AvgIpc) is 3.18. The van der Waals surface area contributed by atoms with Gasteiger partial charge in [-0.2, -0.15) is 11.3 Å². The van der Waals surface area contributed by atoms with Crippen LogP contribution in [-0.4, -0.2) is 9.97 Å². The number of aromatic nitrogens is 2. The Kier molecular flexibility index (Phi) is 2.50. The van der Waals surface area contributed by atoms with E-state index in [1.807, 2.05) is 12.3 Å². The summed E-state index contributed by atoms with van der Waals surface area (Å²) in [6.45, 7) is 0. The van der Waals surface area contributed by atoms with Crippen molar-refractivity contribution in [3.63, 3.8) is 0 Å². The van der Waals surface area contributed by atoms with Gasteiger partial charge < -0.3 is 4.98 Å². The van der Waals surface area contributed by atoms with E-state index in [-0.39, 0.29) is 0 Å². The number of benzene rings is 1. The molecule has 4 heteroatoms. The number of hydrogen-bond acceptors (Lipinski definition) is 3. The van der Waals surface area contributed by atoms with Crippen molar-refractivity contribution in [1.29, 1.82) is 0 Å². The van der Waals surface area contributed by atoms with E-state index >= 15 is 0 Å². The summed E-state index contributed by atoms with van der Waals surface area (Å²) in [4.78, 5) is 8.05. The molecule has 2 nitrogen and oxygen atoms in total. The lowest BCUT2D eigenvalue weighted by Gasteiger charge is -1.93. The number of thiazole rings is 1. The van der Waals surface area contributed by atoms with E-state index in [9.17, 15) is 0 Å². The molecule has 0 aliphatic rings. The molecule has 0 saturated carbocycles. The van der Waals surface area contributed by atoms with Gasteiger partial charge >= 0.3 is 0 Å². The van der Waals surface area contributed by atoms with Crippen molar-refractivity contribution in [1.82, 2.24) is 9.97 Å². The smallest absolute Gasteiger partial charge is 0.126 e. The molecule has 1 aromatic carbocycles. The second-order valence-electron chi connectivity index (χ2n) is 4.30. The molecule has 0 unspecified atom stereocenters. The number of rotatable bonds is 2. The number of aromatic amines is 1. The Bertz CT molecular complexity index is 825. The van der Waals surface area contributed by atoms with E-state index in [2.05, 4.69) is 45.4 Å². The van der Waals surface area contributed by atoms with E-state index in [1.165, 1.54) is 16.5 Å². The molecule has 3 heterocycles. The normalized spacial score (nSPS) is 11.2. The van der Waals surface area contributed by atoms with E-state index in [1.54, 1.807) is 22.7 Å². The van der Waals surface area contributed by atoms with Crippen molar-refractivity contribution in [2.24, 2.45) is 0 Å². The Morgan fingerprint density at radius 2 is 2.00 bits per heavy atom. The van der Waals surface area contributed by atoms with Gasteiger partial charge in [-0.05, 0) is 17.5 Å². The van der Waals surface area contributed by atoms with Crippen LogP contribution in [0.25, 0.3) is 32.7 Å². The van der Waals surface area contributed by atoms with Crippen LogP contribution in [0.5, 0.6) is 0 Å². The molecule has 0 fully saturated rings. The zero-order chi connectivity index (χ0) is 12.7. The second kappa shape index (κ2) is 4.33. The van der Waals surface area contributed by atoms with Gasteiger partial charge in [0.05, 0.1) is 5.69 Å². The van der Waals surface area contributed by atoms with E-state index in [4.69, 9.17) is 4.98 Å². The summed E-state index contributed by atoms with van der Waals surface area (Å²) in [6.07, 6.45) is 2.04. The largest absolute Gasteiger partial charge is 0.360 e. The lowest BCUT2D eigenvalue weighted by Crippen LogP contribution is -1.75. The predicted molar refractivity (Wildman–Crippen MR) is 82.7 cm³/mol. The molecule has 92 valence electrons. The second-order valence-corrected chi connectivity index (χ2v) is 5.94. The van der Waals surface area contributed by atoms with Gasteiger partial charge in [-0.1, -0.05) is 18.2 Å². The fourth-order valence-corrected chi connectivity index (χ4v) is 3.70. The van der Waals surface area contributed by atoms with E-state index < -0.39 is 0 Å². The SMILES string of the molecule is c1ccc2c(-c3nc(-c4ccsc4)cs3)c[nH]c2c1. The standard InChI is InChI=1S/C15H10N2S2/c1-2-4-13-11(3-1)12(7-16-13)15-17-14(9-19-15)10-5-6-18-8-10/h1-9,16H. The van der Waals surface area contributed by atoms with Crippen LogP contribution in [0.3, 0.4) is 0 Å². The van der Waals surface area contributed by atoms with Gasteiger partial charge in [0.1, 0.15) is 5.01 Å². The fourth-order valence-electron chi connectivity index (χ4n) is 2.19. The Morgan fingerprint density at radius 1 is 1.05 bits per heavy atom. The van der Waals surface area contributed by atoms with Crippen LogP contribution >= 0.6 is 22.7 Å². The van der Waals surface area contributed by atoms with Crippen LogP contribution < -0.4 is 0 Å². The van der Waals surface area contributed by atoms with E-state index in [0.717, 1.165) is 16.2 Å². The number of fused-ring (bicyclic) bond motifs is 1. The predicted octanol–water partition coefficient (Wildman–Crippen LogP) is 5.02. The fraction of sp³-hybridized carbons (Fsp3) is 0. The summed E-state index contributed by atoms with van der Waals surface area (Å²) < 4.78 is 0. The van der Waals surface area contributed by atoms with Crippen LogP contribution in [0.1, 0.15) is 0 Å². The van der Waals surface area contributed by atoms with Gasteiger partial charge in [0.15, 0.2) is 0 Å². The zero-order valence-corrected chi connectivity index (χ0v) is 11.6. The van der Waals surface area contributed by atoms with Crippen molar-refractivity contribution in [2.45, 2.75) is 0 Å². The van der Waals surface area contributed by atoms with Crippen molar-refractivity contribution < 1.29 is 0 Å². The molecule has 0 aliphatic heterocycles. The lowest BCUT2D eigenvalue weighted by atomic mass is 10.2. The molecule has 4 aromatic rings. The summed E-state index contributed by atoms with van der Waals surface area (Å²) in [5.74, 6) is 0. The Labute approximate surface area is 118 Å². The van der Waals surface area contributed by atoms with Gasteiger partial charge in [-0.3, -0.25) is 0 Å². The first-order valence-electron chi connectivity index (χ1n) is 5.96. The molecular weight excluding hydrogens is 272 g/mol. The van der Waals surface area contributed by atoms with Crippen LogP contribution in [0.15, 0.2) is 52.7 Å². The maximum Gasteiger partial charge on any atom is 0.126 e. The third-order valence-electron chi connectivity index (χ3n) is 3.14. The first-order valence-corrected chi connectivity index (χ1v) is 7.78. The summed E-state index contributed by atoms with van der Waals surface area (Å²) in [7, 11) is 0. The van der Waals surface area contributed by atoms with Gasteiger partial charge in [-0.25, -0.2) is 4.98 Å². The van der Waals surface area contributed by atoms with Crippen LogP contribution in [0, 0.1) is 0 Å². The molecule has 0 aliphatic carbocycles. The number of thiophene rings is 1. The maximum atomic E-state index is 4.75. The number of para-hydroxylation sites is 1. The molecule has 0 saturated heterocycles. The molecule has 0 atom stereocenters. The molecule has 4 rings (SSSR count). The Morgan fingerprint density at radius 3 is 2.89 bits per heavy atom. The van der Waals surface area contributed by atoms with Crippen LogP contribution in [-0.2, 0) is 0 Å². The first-order chi connectivity index (χ1) is 9.42. The van der Waals surface area contributed by atoms with Crippen LogP contribution in [0.2, 0.25) is 0 Å². The molecular formula is C15H10N2S2. The highest BCUT2D eigenvalue weighted by Gasteiger charge is 2.10. The van der Waals surface area contributed by atoms with Gasteiger partial charge in [0.2, 0.25) is 0 Å². The molecule has 3 aromatic heterocycles. The minimum absolute atomic E-state index is 1.06. The van der Waals surface area contributed by atoms with Gasteiger partial charge in [0.25, 0.3) is 0 Å². The summed E-state index contributed by atoms with van der Waals surface area (Å²) >= 11 is 3.40. The number of H-pyrrole nitrogens is 1. The van der Waals surface area contributed by atoms with Gasteiger partial charge in [0, 0.05) is 39.0 Å². The third-order valence-corrected chi connectivity index (χ3v) is 4.70. The highest BCUT2D eigenvalue weighted by molar-refractivity contribution is 7.13. The minimum atomic E-state index is 1.06. The van der Waals surface area contributed by atoms with E-state index in [0.29, 0.717) is 0 Å². The lowest BCUT2D eigenvalue weighted by molar-refractivity contribution is 1.41. The highest BCUT2D eigenvalue weighted by atomic mass is 32.1. The summed E-state index contributed by atoms with van der Waals surface area (Å²) in [6, 6.07) is 10.4. The molecule has 0 radical (unpaired) electrons. The third kappa shape index (κ3) is 1.80. The maximum absolute atomic E-state index is 4.75. The van der Waals surface area contributed by atoms with Crippen molar-refractivity contribution in [3.05, 3.63) is 52.7 Å². The average molecular weight is 282 g/mol. The monoisotopic (exact) mass is 282 g/mol. The highest BCUT2D eigenvalue weighted by Crippen LogP contribution is 2.33. The topological polar surface area (TPSA) is 28.7 Å². The number of nitrogens with zero attached hydrogens (tertiary/aromatic N) is 1. The minimum Gasteiger partial charge on any atom is -0.360 e. The zero-order valence-electron chi connectivity index (χ0n) is 9.96. The summed E-state index contributed by atoms with van der Waals surface area (Å²) in [5.41, 5.74) is 4.60. The molecule has 1 N–H and O–H groups in total. The van der Waals surface area contributed by atoms with Gasteiger partial charge in [-0.15, -0.1) is 11.3 Å².